The Balaban J connectivity index is 2.50. The summed E-state index contributed by atoms with van der Waals surface area (Å²) in [4.78, 5) is 22.1. The maximum atomic E-state index is 11.6. The number of hydrogen-bond donors (Lipinski definition) is 3. The van der Waals surface area contributed by atoms with Gasteiger partial charge in [-0.25, -0.2) is 0 Å². The zero-order valence-electron chi connectivity index (χ0n) is 9.59. The first-order valence-corrected chi connectivity index (χ1v) is 5.33. The van der Waals surface area contributed by atoms with Crippen molar-refractivity contribution in [2.45, 2.75) is 25.4 Å². The van der Waals surface area contributed by atoms with Crippen molar-refractivity contribution in [3.63, 3.8) is 0 Å². The number of rotatable bonds is 5. The molecule has 5 nitrogen and oxygen atoms in total. The monoisotopic (exact) mass is 236 g/mol. The first-order valence-electron chi connectivity index (χ1n) is 5.33. The molecule has 5 heteroatoms. The zero-order valence-corrected chi connectivity index (χ0v) is 9.59. The largest absolute Gasteiger partial charge is 0.480 e. The number of hydrogen-bond acceptors (Lipinski definition) is 3. The topological polar surface area (TPSA) is 92.4 Å². The maximum Gasteiger partial charge on any atom is 0.325 e. The fourth-order valence-corrected chi connectivity index (χ4v) is 1.34. The van der Waals surface area contributed by atoms with Gasteiger partial charge in [-0.15, -0.1) is 0 Å². The Morgan fingerprint density at radius 3 is 2.47 bits per heavy atom. The molecule has 0 radical (unpaired) electrons. The third-order valence-corrected chi connectivity index (χ3v) is 2.36. The molecule has 92 valence electrons. The molecule has 2 atom stereocenters. The Labute approximate surface area is 99.6 Å². The van der Waals surface area contributed by atoms with Crippen molar-refractivity contribution < 1.29 is 14.7 Å². The minimum atomic E-state index is -1.08. The van der Waals surface area contributed by atoms with Gasteiger partial charge >= 0.3 is 5.97 Å². The predicted octanol–water partition coefficient (Wildman–Crippen LogP) is 0.146. The Morgan fingerprint density at radius 2 is 1.94 bits per heavy atom. The highest BCUT2D eigenvalue weighted by Gasteiger charge is 2.19. The second kappa shape index (κ2) is 6.00. The van der Waals surface area contributed by atoms with Crippen molar-refractivity contribution in [2.24, 2.45) is 5.73 Å². The number of carbonyl (C=O) groups is 2. The molecule has 17 heavy (non-hydrogen) atoms. The molecule has 4 N–H and O–H groups in total. The number of nitrogens with two attached hydrogens (primary N) is 1. The predicted molar refractivity (Wildman–Crippen MR) is 63.4 cm³/mol. The van der Waals surface area contributed by atoms with E-state index in [1.54, 1.807) is 0 Å². The van der Waals surface area contributed by atoms with Crippen LogP contribution in [0.4, 0.5) is 0 Å². The average molecular weight is 236 g/mol. The lowest BCUT2D eigenvalue weighted by Gasteiger charge is -2.14. The van der Waals surface area contributed by atoms with Crippen LogP contribution in [0, 0.1) is 0 Å². The van der Waals surface area contributed by atoms with E-state index in [2.05, 4.69) is 5.32 Å². The van der Waals surface area contributed by atoms with E-state index < -0.39 is 24.0 Å². The maximum absolute atomic E-state index is 11.6. The molecule has 0 aromatic heterocycles. The van der Waals surface area contributed by atoms with Crippen LogP contribution in [0.15, 0.2) is 30.3 Å². The summed E-state index contributed by atoms with van der Waals surface area (Å²) >= 11 is 0. The molecule has 0 aliphatic carbocycles. The van der Waals surface area contributed by atoms with E-state index in [0.717, 1.165) is 5.56 Å². The number of amides is 1. The molecule has 1 rings (SSSR count). The van der Waals surface area contributed by atoms with E-state index in [1.165, 1.54) is 6.92 Å². The molecule has 0 fully saturated rings. The quantitative estimate of drug-likeness (QED) is 0.678. The van der Waals surface area contributed by atoms with Crippen LogP contribution in [0.1, 0.15) is 12.5 Å². The van der Waals surface area contributed by atoms with Gasteiger partial charge in [0.15, 0.2) is 0 Å². The third-order valence-electron chi connectivity index (χ3n) is 2.36. The zero-order chi connectivity index (χ0) is 12.8. The van der Waals surface area contributed by atoms with Gasteiger partial charge in [-0.3, -0.25) is 9.59 Å². The van der Waals surface area contributed by atoms with Crippen LogP contribution in [0.2, 0.25) is 0 Å². The summed E-state index contributed by atoms with van der Waals surface area (Å²) < 4.78 is 0. The van der Waals surface area contributed by atoms with Gasteiger partial charge in [-0.2, -0.15) is 0 Å². The molecule has 0 saturated heterocycles. The van der Waals surface area contributed by atoms with Crippen molar-refractivity contribution in [1.29, 1.82) is 0 Å². The Kier molecular flexibility index (Phi) is 4.66. The number of aliphatic carboxylic acids is 1. The number of carbonyl (C=O) groups excluding carboxylic acids is 1. The molecular formula is C12H16N2O3. The van der Waals surface area contributed by atoms with Gasteiger partial charge in [0.1, 0.15) is 6.04 Å². The highest BCUT2D eigenvalue weighted by atomic mass is 16.4. The lowest BCUT2D eigenvalue weighted by atomic mass is 10.1. The second-order valence-corrected chi connectivity index (χ2v) is 3.86. The van der Waals surface area contributed by atoms with Gasteiger partial charge < -0.3 is 16.2 Å². The highest BCUT2D eigenvalue weighted by Crippen LogP contribution is 2.02. The molecule has 0 aliphatic rings. The average Bonchev–Trinajstić information content (AvgIpc) is 2.29. The summed E-state index contributed by atoms with van der Waals surface area (Å²) in [6.07, 6.45) is 0.388. The lowest BCUT2D eigenvalue weighted by Crippen LogP contribution is -2.47. The fraction of sp³-hybridized carbons (Fsp3) is 0.333. The standard InChI is InChI=1S/C12H16N2O3/c1-8(12(16)17)14-11(15)10(13)7-9-5-3-2-4-6-9/h2-6,8,10H,7,13H2,1H3,(H,14,15)(H,16,17)/t8-,10?/m0/s1. The molecule has 1 unspecified atom stereocenters. The summed E-state index contributed by atoms with van der Waals surface area (Å²) in [5.41, 5.74) is 6.64. The van der Waals surface area contributed by atoms with Crippen molar-refractivity contribution in [2.75, 3.05) is 0 Å². The van der Waals surface area contributed by atoms with Gasteiger partial charge in [-0.1, -0.05) is 30.3 Å². The van der Waals surface area contributed by atoms with E-state index in [1.807, 2.05) is 30.3 Å². The molecule has 1 aromatic rings. The summed E-state index contributed by atoms with van der Waals surface area (Å²) in [5, 5.41) is 11.0. The number of nitrogens with one attached hydrogen (secondary N) is 1. The summed E-state index contributed by atoms with van der Waals surface area (Å²) in [6.45, 7) is 1.40. The van der Waals surface area contributed by atoms with E-state index >= 15 is 0 Å². The van der Waals surface area contributed by atoms with Crippen LogP contribution in [-0.4, -0.2) is 29.1 Å². The minimum Gasteiger partial charge on any atom is -0.480 e. The molecule has 0 aliphatic heterocycles. The van der Waals surface area contributed by atoms with Gasteiger partial charge in [0, 0.05) is 0 Å². The third kappa shape index (κ3) is 4.24. The van der Waals surface area contributed by atoms with E-state index in [9.17, 15) is 9.59 Å². The van der Waals surface area contributed by atoms with E-state index in [0.29, 0.717) is 6.42 Å². The molecular weight excluding hydrogens is 220 g/mol. The lowest BCUT2D eigenvalue weighted by molar-refractivity contribution is -0.141. The highest BCUT2D eigenvalue weighted by molar-refractivity contribution is 5.86. The van der Waals surface area contributed by atoms with Gasteiger partial charge in [0.25, 0.3) is 0 Å². The van der Waals surface area contributed by atoms with Gasteiger partial charge in [0.05, 0.1) is 6.04 Å². The summed E-state index contributed by atoms with van der Waals surface area (Å²) in [6, 6.07) is 7.67. The van der Waals surface area contributed by atoms with Crippen molar-refractivity contribution in [1.82, 2.24) is 5.32 Å². The number of benzene rings is 1. The van der Waals surface area contributed by atoms with Gasteiger partial charge in [-0.05, 0) is 18.9 Å². The first kappa shape index (κ1) is 13.2. The van der Waals surface area contributed by atoms with Crippen LogP contribution in [-0.2, 0) is 16.0 Å². The van der Waals surface area contributed by atoms with Crippen LogP contribution in [0.25, 0.3) is 0 Å². The van der Waals surface area contributed by atoms with E-state index in [-0.39, 0.29) is 0 Å². The summed E-state index contributed by atoms with van der Waals surface area (Å²) in [5.74, 6) is -1.53. The summed E-state index contributed by atoms with van der Waals surface area (Å²) in [7, 11) is 0. The molecule has 0 saturated carbocycles. The van der Waals surface area contributed by atoms with Crippen molar-refractivity contribution in [3.8, 4) is 0 Å². The first-order chi connectivity index (χ1) is 8.00. The smallest absolute Gasteiger partial charge is 0.325 e. The SMILES string of the molecule is C[C@H](NC(=O)C(N)Cc1ccccc1)C(=O)O. The molecule has 0 bridgehead atoms. The molecule has 1 amide bonds. The van der Waals surface area contributed by atoms with Gasteiger partial charge in [0.2, 0.25) is 5.91 Å². The molecule has 0 heterocycles. The number of carboxylic acid groups (broad SMARTS) is 1. The van der Waals surface area contributed by atoms with Crippen LogP contribution in [0.3, 0.4) is 0 Å². The van der Waals surface area contributed by atoms with Crippen molar-refractivity contribution in [3.05, 3.63) is 35.9 Å². The van der Waals surface area contributed by atoms with Crippen LogP contribution < -0.4 is 11.1 Å². The normalized spacial score (nSPS) is 13.8. The number of carboxylic acids is 1. The molecule has 0 spiro atoms. The second-order valence-electron chi connectivity index (χ2n) is 3.86. The van der Waals surface area contributed by atoms with E-state index in [4.69, 9.17) is 10.8 Å². The fourth-order valence-electron chi connectivity index (χ4n) is 1.34. The van der Waals surface area contributed by atoms with Crippen LogP contribution >= 0.6 is 0 Å². The Hall–Kier alpha value is -1.88. The Morgan fingerprint density at radius 1 is 1.35 bits per heavy atom. The van der Waals surface area contributed by atoms with Crippen molar-refractivity contribution >= 4 is 11.9 Å². The molecule has 1 aromatic carbocycles. The van der Waals surface area contributed by atoms with Crippen LogP contribution in [0.5, 0.6) is 0 Å². The Bertz CT molecular complexity index is 392. The minimum absolute atomic E-state index is 0.388.